The van der Waals surface area contributed by atoms with Crippen molar-refractivity contribution >= 4 is 6.16 Å². The zero-order valence-corrected chi connectivity index (χ0v) is 5.55. The first kappa shape index (κ1) is 12.7. The molecule has 0 aliphatic heterocycles. The van der Waals surface area contributed by atoms with Crippen molar-refractivity contribution in [2.75, 3.05) is 13.7 Å². The molecule has 0 aromatic rings. The number of carbonyl (C=O) groups is 1. The first-order chi connectivity index (χ1) is 4.79. The van der Waals surface area contributed by atoms with Crippen molar-refractivity contribution < 1.29 is 32.9 Å². The SMILES string of the molecule is COCC(F)(F)F.O=C(O)O. The first-order valence-corrected chi connectivity index (χ1v) is 2.27. The number of methoxy groups -OCH3 is 1. The zero-order chi connectivity index (χ0) is 9.49. The van der Waals surface area contributed by atoms with E-state index in [0.717, 1.165) is 7.11 Å². The maximum Gasteiger partial charge on any atom is 0.503 e. The van der Waals surface area contributed by atoms with Crippen LogP contribution in [0.15, 0.2) is 0 Å². The molecule has 0 aliphatic rings. The van der Waals surface area contributed by atoms with Gasteiger partial charge in [-0.05, 0) is 0 Å². The van der Waals surface area contributed by atoms with Gasteiger partial charge in [-0.2, -0.15) is 13.2 Å². The van der Waals surface area contributed by atoms with Crippen LogP contribution in [0.2, 0.25) is 0 Å². The second kappa shape index (κ2) is 5.78. The molecular weight excluding hydrogens is 169 g/mol. The minimum atomic E-state index is -4.17. The van der Waals surface area contributed by atoms with Gasteiger partial charge in [0.25, 0.3) is 0 Å². The number of rotatable bonds is 1. The molecule has 0 spiro atoms. The van der Waals surface area contributed by atoms with Crippen molar-refractivity contribution in [3.8, 4) is 0 Å². The van der Waals surface area contributed by atoms with Crippen LogP contribution in [0.3, 0.4) is 0 Å². The molecule has 0 amide bonds. The van der Waals surface area contributed by atoms with E-state index in [9.17, 15) is 13.2 Å². The van der Waals surface area contributed by atoms with E-state index in [2.05, 4.69) is 4.74 Å². The molecular formula is C4H7F3O4. The molecule has 0 heterocycles. The van der Waals surface area contributed by atoms with Crippen molar-refractivity contribution in [2.45, 2.75) is 6.18 Å². The van der Waals surface area contributed by atoms with Gasteiger partial charge in [-0.15, -0.1) is 0 Å². The van der Waals surface area contributed by atoms with Crippen molar-refractivity contribution in [3.05, 3.63) is 0 Å². The third kappa shape index (κ3) is 48.7. The zero-order valence-electron chi connectivity index (χ0n) is 5.55. The molecule has 0 rings (SSSR count). The van der Waals surface area contributed by atoms with E-state index in [0.29, 0.717) is 0 Å². The number of carboxylic acid groups (broad SMARTS) is 2. The highest BCUT2D eigenvalue weighted by Crippen LogP contribution is 2.13. The minimum absolute atomic E-state index is 1.01. The van der Waals surface area contributed by atoms with Crippen LogP contribution in [0.1, 0.15) is 0 Å². The molecule has 2 N–H and O–H groups in total. The van der Waals surface area contributed by atoms with Gasteiger partial charge in [-0.1, -0.05) is 0 Å². The fourth-order valence-corrected chi connectivity index (χ4v) is 0.164. The molecule has 0 saturated heterocycles. The molecule has 4 nitrogen and oxygen atoms in total. The standard InChI is InChI=1S/C3H5F3O.CH2O3/c1-7-2-3(4,5)6;2-1(3)4/h2H2,1H3;(H2,2,3,4). The summed E-state index contributed by atoms with van der Waals surface area (Å²) in [6.07, 6.45) is -6.01. The molecule has 11 heavy (non-hydrogen) atoms. The summed E-state index contributed by atoms with van der Waals surface area (Å²) >= 11 is 0. The molecule has 68 valence electrons. The molecule has 0 saturated carbocycles. The second-order valence-corrected chi connectivity index (χ2v) is 1.33. The van der Waals surface area contributed by atoms with E-state index in [-0.39, 0.29) is 0 Å². The second-order valence-electron chi connectivity index (χ2n) is 1.33. The monoisotopic (exact) mass is 176 g/mol. The molecule has 0 atom stereocenters. The van der Waals surface area contributed by atoms with Crippen LogP contribution in [-0.4, -0.2) is 36.3 Å². The summed E-state index contributed by atoms with van der Waals surface area (Å²) in [4.78, 5) is 8.56. The first-order valence-electron chi connectivity index (χ1n) is 2.27. The number of alkyl halides is 3. The van der Waals surface area contributed by atoms with Gasteiger partial charge in [-0.3, -0.25) is 0 Å². The Hall–Kier alpha value is -0.980. The fraction of sp³-hybridized carbons (Fsp3) is 0.750. The Labute approximate surface area is 60.2 Å². The third-order valence-electron chi connectivity index (χ3n) is 0.308. The molecule has 0 radical (unpaired) electrons. The summed E-state index contributed by atoms with van der Waals surface area (Å²) in [5.74, 6) is 0. The Morgan fingerprint density at radius 3 is 1.73 bits per heavy atom. The van der Waals surface area contributed by atoms with Gasteiger partial charge in [-0.25, -0.2) is 4.79 Å². The normalized spacial score (nSPS) is 9.82. The summed E-state index contributed by atoms with van der Waals surface area (Å²) in [6.45, 7) is -1.16. The Morgan fingerprint density at radius 1 is 1.45 bits per heavy atom. The smallest absolute Gasteiger partial charge is 0.450 e. The summed E-state index contributed by atoms with van der Waals surface area (Å²) < 4.78 is 36.6. The maximum absolute atomic E-state index is 10.9. The largest absolute Gasteiger partial charge is 0.503 e. The van der Waals surface area contributed by atoms with Crippen LogP contribution in [0.4, 0.5) is 18.0 Å². The Bertz CT molecular complexity index is 106. The summed E-state index contributed by atoms with van der Waals surface area (Å²) in [5.41, 5.74) is 0. The van der Waals surface area contributed by atoms with Crippen LogP contribution in [0.25, 0.3) is 0 Å². The van der Waals surface area contributed by atoms with Crippen LogP contribution in [0.5, 0.6) is 0 Å². The van der Waals surface area contributed by atoms with Gasteiger partial charge in [0.15, 0.2) is 0 Å². The highest BCUT2D eigenvalue weighted by Gasteiger charge is 2.26. The van der Waals surface area contributed by atoms with Crippen molar-refractivity contribution in [1.82, 2.24) is 0 Å². The van der Waals surface area contributed by atoms with Gasteiger partial charge in [0, 0.05) is 7.11 Å². The van der Waals surface area contributed by atoms with Gasteiger partial charge in [0.2, 0.25) is 0 Å². The Morgan fingerprint density at radius 2 is 1.73 bits per heavy atom. The number of hydrogen-bond donors (Lipinski definition) is 2. The molecule has 7 heteroatoms. The van der Waals surface area contributed by atoms with E-state index < -0.39 is 18.9 Å². The average Bonchev–Trinajstić information content (AvgIpc) is 1.58. The molecule has 0 aromatic carbocycles. The topological polar surface area (TPSA) is 66.8 Å². The Balaban J connectivity index is 0. The lowest BCUT2D eigenvalue weighted by molar-refractivity contribution is -0.167. The minimum Gasteiger partial charge on any atom is -0.450 e. The Kier molecular flexibility index (Phi) is 6.66. The quantitative estimate of drug-likeness (QED) is 0.633. The van der Waals surface area contributed by atoms with Gasteiger partial charge in [0.1, 0.15) is 6.61 Å². The summed E-state index contributed by atoms with van der Waals surface area (Å²) in [6, 6.07) is 0. The van der Waals surface area contributed by atoms with Gasteiger partial charge < -0.3 is 14.9 Å². The van der Waals surface area contributed by atoms with Crippen molar-refractivity contribution in [2.24, 2.45) is 0 Å². The maximum atomic E-state index is 10.9. The van der Waals surface area contributed by atoms with E-state index in [4.69, 9.17) is 15.0 Å². The number of hydrogen-bond acceptors (Lipinski definition) is 2. The molecule has 0 unspecified atom stereocenters. The van der Waals surface area contributed by atoms with Crippen LogP contribution in [-0.2, 0) is 4.74 Å². The van der Waals surface area contributed by atoms with E-state index in [1.165, 1.54) is 0 Å². The lowest BCUT2D eigenvalue weighted by Gasteiger charge is -2.01. The summed E-state index contributed by atoms with van der Waals surface area (Å²) in [5, 5.41) is 13.9. The van der Waals surface area contributed by atoms with Crippen LogP contribution >= 0.6 is 0 Å². The van der Waals surface area contributed by atoms with Gasteiger partial charge >= 0.3 is 12.3 Å². The number of ether oxygens (including phenoxy) is 1. The van der Waals surface area contributed by atoms with Crippen LogP contribution < -0.4 is 0 Å². The predicted molar refractivity (Wildman–Crippen MR) is 28.6 cm³/mol. The fourth-order valence-electron chi connectivity index (χ4n) is 0.164. The van der Waals surface area contributed by atoms with E-state index in [1.54, 1.807) is 0 Å². The summed E-state index contributed by atoms with van der Waals surface area (Å²) in [7, 11) is 1.01. The molecule has 0 bridgehead atoms. The highest BCUT2D eigenvalue weighted by atomic mass is 19.4. The predicted octanol–water partition coefficient (Wildman–Crippen LogP) is 1.42. The average molecular weight is 176 g/mol. The van der Waals surface area contributed by atoms with Crippen LogP contribution in [0, 0.1) is 0 Å². The van der Waals surface area contributed by atoms with Crippen molar-refractivity contribution in [3.63, 3.8) is 0 Å². The van der Waals surface area contributed by atoms with E-state index in [1.807, 2.05) is 0 Å². The lowest BCUT2D eigenvalue weighted by atomic mass is 10.7. The third-order valence-corrected chi connectivity index (χ3v) is 0.308. The van der Waals surface area contributed by atoms with E-state index >= 15 is 0 Å². The van der Waals surface area contributed by atoms with Crippen molar-refractivity contribution in [1.29, 1.82) is 0 Å². The lowest BCUT2D eigenvalue weighted by Crippen LogP contribution is -2.14. The van der Waals surface area contributed by atoms with Gasteiger partial charge in [0.05, 0.1) is 0 Å². The highest BCUT2D eigenvalue weighted by molar-refractivity contribution is 5.53. The molecule has 0 fully saturated rings. The molecule has 0 aliphatic carbocycles. The molecule has 0 aromatic heterocycles. The number of halogens is 3.